The summed E-state index contributed by atoms with van der Waals surface area (Å²) in [4.78, 5) is 27.1. The van der Waals surface area contributed by atoms with E-state index >= 15 is 0 Å². The second-order valence-electron chi connectivity index (χ2n) is 3.93. The first-order chi connectivity index (χ1) is 9.08. The number of hydrogen-bond donors (Lipinski definition) is 1. The molecule has 19 heavy (non-hydrogen) atoms. The van der Waals surface area contributed by atoms with Crippen LogP contribution in [0.2, 0.25) is 0 Å². The van der Waals surface area contributed by atoms with Gasteiger partial charge in [0, 0.05) is 17.4 Å². The van der Waals surface area contributed by atoms with E-state index in [1.54, 1.807) is 42.6 Å². The van der Waals surface area contributed by atoms with Crippen molar-refractivity contribution in [2.75, 3.05) is 5.32 Å². The van der Waals surface area contributed by atoms with Gasteiger partial charge in [0.05, 0.1) is 5.56 Å². The third kappa shape index (κ3) is 3.26. The summed E-state index contributed by atoms with van der Waals surface area (Å²) in [5.41, 5.74) is 1.70. The molecule has 1 N–H and O–H groups in total. The van der Waals surface area contributed by atoms with Gasteiger partial charge in [-0.25, -0.2) is 4.98 Å². The topological polar surface area (TPSA) is 59.1 Å². The van der Waals surface area contributed by atoms with Crippen LogP contribution >= 0.6 is 15.9 Å². The van der Waals surface area contributed by atoms with Crippen LogP contribution in [0.1, 0.15) is 27.6 Å². The zero-order valence-electron chi connectivity index (χ0n) is 10.2. The molecule has 0 aliphatic heterocycles. The number of carbonyl (C=O) groups excluding carboxylic acids is 2. The summed E-state index contributed by atoms with van der Waals surface area (Å²) in [5, 5.41) is 2.74. The molecule has 1 heterocycles. The minimum absolute atomic E-state index is 0.00659. The Bertz CT molecular complexity index is 624. The summed E-state index contributed by atoms with van der Waals surface area (Å²) in [5.74, 6) is -0.261. The molecule has 0 radical (unpaired) electrons. The number of amides is 1. The number of carbonyl (C=O) groups is 2. The molecule has 1 aromatic heterocycles. The average molecular weight is 319 g/mol. The van der Waals surface area contributed by atoms with Crippen molar-refractivity contribution in [3.8, 4) is 0 Å². The summed E-state index contributed by atoms with van der Waals surface area (Å²) < 4.78 is 0.493. The van der Waals surface area contributed by atoms with Gasteiger partial charge in [0.2, 0.25) is 0 Å². The highest BCUT2D eigenvalue weighted by Crippen LogP contribution is 2.16. The van der Waals surface area contributed by atoms with Gasteiger partial charge >= 0.3 is 0 Å². The Morgan fingerprint density at radius 2 is 1.84 bits per heavy atom. The monoisotopic (exact) mass is 318 g/mol. The Kier molecular flexibility index (Phi) is 4.06. The molecule has 0 aliphatic carbocycles. The van der Waals surface area contributed by atoms with Crippen molar-refractivity contribution in [1.82, 2.24) is 4.98 Å². The maximum absolute atomic E-state index is 12.0. The molecule has 0 unspecified atom stereocenters. The van der Waals surface area contributed by atoms with Crippen LogP contribution in [0.5, 0.6) is 0 Å². The predicted molar refractivity (Wildman–Crippen MR) is 76.3 cm³/mol. The summed E-state index contributed by atoms with van der Waals surface area (Å²) in [6.07, 6.45) is 1.60. The standard InChI is InChI=1S/C14H11BrN2O2/c1-9(18)10-4-6-11(7-5-10)17-14(19)12-3-2-8-16-13(12)15/h2-8H,1H3,(H,17,19). The van der Waals surface area contributed by atoms with Gasteiger partial charge in [-0.1, -0.05) is 0 Å². The smallest absolute Gasteiger partial charge is 0.258 e. The Morgan fingerprint density at radius 1 is 1.16 bits per heavy atom. The van der Waals surface area contributed by atoms with E-state index in [4.69, 9.17) is 0 Å². The number of ketones is 1. The van der Waals surface area contributed by atoms with Gasteiger partial charge in [0.25, 0.3) is 5.91 Å². The Hall–Kier alpha value is -2.01. The minimum Gasteiger partial charge on any atom is -0.322 e. The fourth-order valence-corrected chi connectivity index (χ4v) is 1.97. The third-order valence-electron chi connectivity index (χ3n) is 2.55. The zero-order chi connectivity index (χ0) is 13.8. The van der Waals surface area contributed by atoms with Gasteiger partial charge in [-0.15, -0.1) is 0 Å². The highest BCUT2D eigenvalue weighted by atomic mass is 79.9. The first-order valence-corrected chi connectivity index (χ1v) is 6.40. The van der Waals surface area contributed by atoms with Crippen LogP contribution in [-0.4, -0.2) is 16.7 Å². The minimum atomic E-state index is -0.254. The van der Waals surface area contributed by atoms with E-state index in [2.05, 4.69) is 26.2 Å². The predicted octanol–water partition coefficient (Wildman–Crippen LogP) is 3.30. The van der Waals surface area contributed by atoms with Gasteiger partial charge in [-0.3, -0.25) is 9.59 Å². The van der Waals surface area contributed by atoms with E-state index in [1.165, 1.54) is 6.92 Å². The van der Waals surface area contributed by atoms with Crippen molar-refractivity contribution in [1.29, 1.82) is 0 Å². The molecular weight excluding hydrogens is 308 g/mol. The van der Waals surface area contributed by atoms with Crippen molar-refractivity contribution in [3.05, 3.63) is 58.3 Å². The van der Waals surface area contributed by atoms with Crippen LogP contribution in [0.25, 0.3) is 0 Å². The van der Waals surface area contributed by atoms with Crippen LogP contribution in [0.4, 0.5) is 5.69 Å². The lowest BCUT2D eigenvalue weighted by molar-refractivity contribution is 0.101. The number of halogens is 1. The summed E-state index contributed by atoms with van der Waals surface area (Å²) in [6.45, 7) is 1.50. The van der Waals surface area contributed by atoms with Crippen LogP contribution in [0.3, 0.4) is 0 Å². The molecule has 2 rings (SSSR count). The first kappa shape index (κ1) is 13.4. The normalized spacial score (nSPS) is 10.0. The summed E-state index contributed by atoms with van der Waals surface area (Å²) in [7, 11) is 0. The molecule has 0 saturated heterocycles. The van der Waals surface area contributed by atoms with Crippen molar-refractivity contribution >= 4 is 33.3 Å². The molecule has 4 nitrogen and oxygen atoms in total. The van der Waals surface area contributed by atoms with Gasteiger partial charge in [0.15, 0.2) is 5.78 Å². The second-order valence-corrected chi connectivity index (χ2v) is 4.68. The lowest BCUT2D eigenvalue weighted by Gasteiger charge is -2.06. The first-order valence-electron chi connectivity index (χ1n) is 5.61. The fraction of sp³-hybridized carbons (Fsp3) is 0.0714. The number of Topliss-reactive ketones (excluding diaryl/α,β-unsaturated/α-hetero) is 1. The number of aromatic nitrogens is 1. The molecule has 0 bridgehead atoms. The van der Waals surface area contributed by atoms with Gasteiger partial charge < -0.3 is 5.32 Å². The quantitative estimate of drug-likeness (QED) is 0.697. The number of nitrogens with zero attached hydrogens (tertiary/aromatic N) is 1. The van der Waals surface area contributed by atoms with Gasteiger partial charge in [-0.05, 0) is 59.3 Å². The number of pyridine rings is 1. The number of nitrogens with one attached hydrogen (secondary N) is 1. The van der Waals surface area contributed by atoms with Crippen LogP contribution in [0, 0.1) is 0 Å². The van der Waals surface area contributed by atoms with E-state index in [-0.39, 0.29) is 11.7 Å². The maximum atomic E-state index is 12.0. The number of anilines is 1. The van der Waals surface area contributed by atoms with E-state index in [9.17, 15) is 9.59 Å². The van der Waals surface area contributed by atoms with Crippen LogP contribution < -0.4 is 5.32 Å². The molecule has 0 fully saturated rings. The summed E-state index contributed by atoms with van der Waals surface area (Å²) in [6, 6.07) is 10.1. The second kappa shape index (κ2) is 5.75. The maximum Gasteiger partial charge on any atom is 0.258 e. The van der Waals surface area contributed by atoms with E-state index in [0.717, 1.165) is 0 Å². The van der Waals surface area contributed by atoms with Crippen LogP contribution in [0.15, 0.2) is 47.2 Å². The molecule has 2 aromatic rings. The molecule has 0 aliphatic rings. The Labute approximate surface area is 119 Å². The lowest BCUT2D eigenvalue weighted by Crippen LogP contribution is -2.13. The molecule has 1 aromatic carbocycles. The van der Waals surface area contributed by atoms with Gasteiger partial charge in [0.1, 0.15) is 4.60 Å². The molecule has 0 saturated carbocycles. The largest absolute Gasteiger partial charge is 0.322 e. The fourth-order valence-electron chi connectivity index (χ4n) is 1.54. The van der Waals surface area contributed by atoms with Crippen molar-refractivity contribution in [3.63, 3.8) is 0 Å². The highest BCUT2D eigenvalue weighted by Gasteiger charge is 2.10. The van der Waals surface area contributed by atoms with E-state index in [1.807, 2.05) is 0 Å². The zero-order valence-corrected chi connectivity index (χ0v) is 11.8. The molecule has 0 atom stereocenters. The lowest BCUT2D eigenvalue weighted by atomic mass is 10.1. The third-order valence-corrected chi connectivity index (χ3v) is 3.18. The number of rotatable bonds is 3. The Morgan fingerprint density at radius 3 is 2.42 bits per heavy atom. The van der Waals surface area contributed by atoms with Crippen molar-refractivity contribution in [2.45, 2.75) is 6.92 Å². The van der Waals surface area contributed by atoms with E-state index in [0.29, 0.717) is 21.4 Å². The molecule has 1 amide bonds. The van der Waals surface area contributed by atoms with E-state index < -0.39 is 0 Å². The van der Waals surface area contributed by atoms with Crippen molar-refractivity contribution < 1.29 is 9.59 Å². The number of hydrogen-bond acceptors (Lipinski definition) is 3. The molecule has 96 valence electrons. The Balaban J connectivity index is 2.15. The van der Waals surface area contributed by atoms with Crippen LogP contribution in [-0.2, 0) is 0 Å². The average Bonchev–Trinajstić information content (AvgIpc) is 2.39. The molecular formula is C14H11BrN2O2. The van der Waals surface area contributed by atoms with Crippen molar-refractivity contribution in [2.24, 2.45) is 0 Å². The molecule has 5 heteroatoms. The van der Waals surface area contributed by atoms with Gasteiger partial charge in [-0.2, -0.15) is 0 Å². The molecule has 0 spiro atoms. The number of benzene rings is 1. The SMILES string of the molecule is CC(=O)c1ccc(NC(=O)c2cccnc2Br)cc1. The summed E-state index contributed by atoms with van der Waals surface area (Å²) >= 11 is 3.22. The highest BCUT2D eigenvalue weighted by molar-refractivity contribution is 9.10.